The quantitative estimate of drug-likeness (QED) is 0.684. The van der Waals surface area contributed by atoms with E-state index in [1.807, 2.05) is 30.3 Å². The summed E-state index contributed by atoms with van der Waals surface area (Å²) < 4.78 is 1.22. The molecule has 2 rings (SSSR count). The van der Waals surface area contributed by atoms with E-state index in [9.17, 15) is 9.59 Å². The zero-order chi connectivity index (χ0) is 20.5. The van der Waals surface area contributed by atoms with Crippen LogP contribution in [0.2, 0.25) is 0 Å². The minimum Gasteiger partial charge on any atom is -0.353 e. The van der Waals surface area contributed by atoms with Gasteiger partial charge in [0.15, 0.2) is 0 Å². The first-order chi connectivity index (χ1) is 13.3. The fraction of sp³-hybridized carbons (Fsp3) is 0.500. The Morgan fingerprint density at radius 2 is 1.68 bits per heavy atom. The highest BCUT2D eigenvalue weighted by atomic mass is 16.2. The van der Waals surface area contributed by atoms with Crippen LogP contribution < -0.4 is 10.9 Å². The van der Waals surface area contributed by atoms with Crippen molar-refractivity contribution in [3.63, 3.8) is 0 Å². The van der Waals surface area contributed by atoms with Crippen molar-refractivity contribution < 1.29 is 4.79 Å². The molecule has 6 heteroatoms. The Kier molecular flexibility index (Phi) is 8.39. The van der Waals surface area contributed by atoms with Gasteiger partial charge in [-0.1, -0.05) is 58.0 Å². The summed E-state index contributed by atoms with van der Waals surface area (Å²) in [5, 5.41) is 7.25. The van der Waals surface area contributed by atoms with Crippen molar-refractivity contribution in [1.82, 2.24) is 20.0 Å². The first kappa shape index (κ1) is 21.8. The lowest BCUT2D eigenvalue weighted by Crippen LogP contribution is -2.40. The maximum atomic E-state index is 12.3. The van der Waals surface area contributed by atoms with Crippen LogP contribution in [0.15, 0.2) is 47.3 Å². The molecule has 0 bridgehead atoms. The summed E-state index contributed by atoms with van der Waals surface area (Å²) in [5.74, 6) is 0.963. The molecule has 2 aromatic rings. The summed E-state index contributed by atoms with van der Waals surface area (Å²) in [4.78, 5) is 26.8. The van der Waals surface area contributed by atoms with Crippen LogP contribution in [-0.2, 0) is 11.3 Å². The number of hydrogen-bond donors (Lipinski definition) is 1. The highest BCUT2D eigenvalue weighted by Crippen LogP contribution is 2.13. The molecule has 0 spiro atoms. The molecule has 1 aromatic heterocycles. The van der Waals surface area contributed by atoms with Crippen molar-refractivity contribution >= 4 is 5.91 Å². The number of carbonyl (C=O) groups excluding carboxylic acids is 1. The third-order valence-corrected chi connectivity index (χ3v) is 4.23. The molecule has 0 aliphatic heterocycles. The lowest BCUT2D eigenvalue weighted by atomic mass is 10.1. The van der Waals surface area contributed by atoms with E-state index in [0.717, 1.165) is 25.2 Å². The average Bonchev–Trinajstić information content (AvgIpc) is 2.63. The van der Waals surface area contributed by atoms with Crippen LogP contribution >= 0.6 is 0 Å². The van der Waals surface area contributed by atoms with Gasteiger partial charge in [0.2, 0.25) is 5.91 Å². The van der Waals surface area contributed by atoms with Gasteiger partial charge in [0, 0.05) is 37.8 Å². The molecule has 1 heterocycles. The summed E-state index contributed by atoms with van der Waals surface area (Å²) in [6.07, 6.45) is 0. The van der Waals surface area contributed by atoms with Crippen molar-refractivity contribution in [3.8, 4) is 11.3 Å². The molecule has 1 amide bonds. The number of aromatic nitrogens is 2. The first-order valence-electron chi connectivity index (χ1n) is 9.97. The normalized spacial score (nSPS) is 11.4. The molecule has 0 saturated heterocycles. The average molecular weight is 385 g/mol. The molecule has 6 nitrogen and oxygen atoms in total. The lowest BCUT2D eigenvalue weighted by Gasteiger charge is -2.26. The van der Waals surface area contributed by atoms with E-state index in [-0.39, 0.29) is 18.0 Å². The number of nitrogens with zero attached hydrogens (tertiary/aromatic N) is 3. The smallest absolute Gasteiger partial charge is 0.267 e. The minimum absolute atomic E-state index is 0.0755. The number of carbonyl (C=O) groups is 1. The molecular weight excluding hydrogens is 352 g/mol. The van der Waals surface area contributed by atoms with Crippen molar-refractivity contribution in [2.45, 2.75) is 34.2 Å². The van der Waals surface area contributed by atoms with Gasteiger partial charge in [0.1, 0.15) is 6.54 Å². The fourth-order valence-corrected chi connectivity index (χ4v) is 3.16. The molecule has 0 saturated carbocycles. The van der Waals surface area contributed by atoms with E-state index in [1.54, 1.807) is 6.07 Å². The predicted molar refractivity (Wildman–Crippen MR) is 113 cm³/mol. The van der Waals surface area contributed by atoms with Gasteiger partial charge in [-0.05, 0) is 17.9 Å². The summed E-state index contributed by atoms with van der Waals surface area (Å²) in [5.41, 5.74) is 1.30. The summed E-state index contributed by atoms with van der Waals surface area (Å²) >= 11 is 0. The van der Waals surface area contributed by atoms with Crippen LogP contribution in [0.25, 0.3) is 11.3 Å². The molecule has 0 unspecified atom stereocenters. The number of benzene rings is 1. The largest absolute Gasteiger partial charge is 0.353 e. The standard InChI is InChI=1S/C22H32N4O2/c1-17(2)14-25(15-18(3)4)13-12-23-21(27)16-26-22(28)11-10-20(24-26)19-8-6-5-7-9-19/h5-11,17-18H,12-16H2,1-4H3,(H,23,27). The topological polar surface area (TPSA) is 67.2 Å². The van der Waals surface area contributed by atoms with Gasteiger partial charge in [-0.2, -0.15) is 5.10 Å². The Balaban J connectivity index is 1.93. The molecule has 0 atom stereocenters. The first-order valence-corrected chi connectivity index (χ1v) is 9.97. The third-order valence-electron chi connectivity index (χ3n) is 4.23. The molecule has 152 valence electrons. The van der Waals surface area contributed by atoms with Gasteiger partial charge in [0.05, 0.1) is 5.69 Å². The molecule has 0 aliphatic rings. The Morgan fingerprint density at radius 1 is 1.04 bits per heavy atom. The number of hydrogen-bond acceptors (Lipinski definition) is 4. The van der Waals surface area contributed by atoms with Crippen LogP contribution in [0.3, 0.4) is 0 Å². The molecule has 1 aromatic carbocycles. The van der Waals surface area contributed by atoms with Gasteiger partial charge in [0.25, 0.3) is 5.56 Å². The second-order valence-electron chi connectivity index (χ2n) is 7.98. The van der Waals surface area contributed by atoms with Gasteiger partial charge < -0.3 is 10.2 Å². The monoisotopic (exact) mass is 384 g/mol. The highest BCUT2D eigenvalue weighted by molar-refractivity contribution is 5.75. The maximum Gasteiger partial charge on any atom is 0.267 e. The predicted octanol–water partition coefficient (Wildman–Crippen LogP) is 2.64. The van der Waals surface area contributed by atoms with E-state index >= 15 is 0 Å². The van der Waals surface area contributed by atoms with Gasteiger partial charge >= 0.3 is 0 Å². The summed E-state index contributed by atoms with van der Waals surface area (Å²) in [6, 6.07) is 12.7. The van der Waals surface area contributed by atoms with Gasteiger partial charge in [-0.15, -0.1) is 0 Å². The van der Waals surface area contributed by atoms with Crippen LogP contribution in [0, 0.1) is 11.8 Å². The van der Waals surface area contributed by atoms with Crippen molar-refractivity contribution in [2.75, 3.05) is 26.2 Å². The molecule has 0 fully saturated rings. The third kappa shape index (κ3) is 7.27. The van der Waals surface area contributed by atoms with E-state index in [1.165, 1.54) is 10.7 Å². The second-order valence-corrected chi connectivity index (χ2v) is 7.98. The van der Waals surface area contributed by atoms with Crippen molar-refractivity contribution in [1.29, 1.82) is 0 Å². The van der Waals surface area contributed by atoms with Crippen molar-refractivity contribution in [3.05, 3.63) is 52.8 Å². The van der Waals surface area contributed by atoms with E-state index in [2.05, 4.69) is 43.0 Å². The van der Waals surface area contributed by atoms with E-state index in [4.69, 9.17) is 0 Å². The van der Waals surface area contributed by atoms with E-state index in [0.29, 0.717) is 24.1 Å². The van der Waals surface area contributed by atoms with Gasteiger partial charge in [-0.25, -0.2) is 4.68 Å². The summed E-state index contributed by atoms with van der Waals surface area (Å²) in [6.45, 7) is 12.1. The molecular formula is C22H32N4O2. The van der Waals surface area contributed by atoms with Gasteiger partial charge in [-0.3, -0.25) is 9.59 Å². The molecule has 1 N–H and O–H groups in total. The Hall–Kier alpha value is -2.47. The molecule has 0 radical (unpaired) electrons. The SMILES string of the molecule is CC(C)CN(CCNC(=O)Cn1nc(-c2ccccc2)ccc1=O)CC(C)C. The zero-order valence-corrected chi connectivity index (χ0v) is 17.4. The second kappa shape index (κ2) is 10.8. The van der Waals surface area contributed by atoms with E-state index < -0.39 is 0 Å². The minimum atomic E-state index is -0.281. The van der Waals surface area contributed by atoms with Crippen LogP contribution in [-0.4, -0.2) is 46.8 Å². The molecule has 28 heavy (non-hydrogen) atoms. The Labute approximate surface area is 167 Å². The maximum absolute atomic E-state index is 12.3. The van der Waals surface area contributed by atoms with Crippen molar-refractivity contribution in [2.24, 2.45) is 11.8 Å². The number of nitrogens with one attached hydrogen (secondary N) is 1. The fourth-order valence-electron chi connectivity index (χ4n) is 3.16. The summed E-state index contributed by atoms with van der Waals surface area (Å²) in [7, 11) is 0. The zero-order valence-electron chi connectivity index (χ0n) is 17.4. The van der Waals surface area contributed by atoms with Crippen LogP contribution in [0.1, 0.15) is 27.7 Å². The highest BCUT2D eigenvalue weighted by Gasteiger charge is 2.11. The number of rotatable bonds is 10. The molecule has 0 aliphatic carbocycles. The Bertz CT molecular complexity index is 790. The number of amides is 1. The lowest BCUT2D eigenvalue weighted by molar-refractivity contribution is -0.121. The Morgan fingerprint density at radius 3 is 2.29 bits per heavy atom. The van der Waals surface area contributed by atoms with Crippen LogP contribution in [0.5, 0.6) is 0 Å². The van der Waals surface area contributed by atoms with Crippen LogP contribution in [0.4, 0.5) is 0 Å².